The first-order valence-corrected chi connectivity index (χ1v) is 11.3. The number of benzene rings is 2. The van der Waals surface area contributed by atoms with Gasteiger partial charge in [-0.15, -0.1) is 0 Å². The SMILES string of the molecule is Cc1ccc(S(=O)(=O)N2CCC(C(=O)N/N=C\c3c(Cl)cccc3Cl)CC2)cc1. The van der Waals surface area contributed by atoms with E-state index in [9.17, 15) is 13.2 Å². The maximum Gasteiger partial charge on any atom is 0.243 e. The van der Waals surface area contributed by atoms with Crippen molar-refractivity contribution in [3.05, 3.63) is 63.6 Å². The van der Waals surface area contributed by atoms with Crippen molar-refractivity contribution in [2.75, 3.05) is 13.1 Å². The minimum Gasteiger partial charge on any atom is -0.273 e. The number of hydrogen-bond acceptors (Lipinski definition) is 4. The lowest BCUT2D eigenvalue weighted by atomic mass is 9.98. The van der Waals surface area contributed by atoms with Gasteiger partial charge >= 0.3 is 0 Å². The molecule has 1 aliphatic heterocycles. The summed E-state index contributed by atoms with van der Waals surface area (Å²) in [6.45, 7) is 2.48. The molecule has 0 saturated carbocycles. The molecule has 0 radical (unpaired) electrons. The molecule has 2 aromatic carbocycles. The summed E-state index contributed by atoms with van der Waals surface area (Å²) in [6.07, 6.45) is 2.26. The van der Waals surface area contributed by atoms with Gasteiger partial charge in [0, 0.05) is 24.6 Å². The number of carbonyl (C=O) groups excluding carboxylic acids is 1. The first-order chi connectivity index (χ1) is 13.8. The summed E-state index contributed by atoms with van der Waals surface area (Å²) in [7, 11) is -3.55. The van der Waals surface area contributed by atoms with Gasteiger partial charge in [-0.25, -0.2) is 13.8 Å². The Morgan fingerprint density at radius 1 is 1.10 bits per heavy atom. The zero-order valence-corrected chi connectivity index (χ0v) is 18.1. The van der Waals surface area contributed by atoms with E-state index in [-0.39, 0.29) is 29.8 Å². The molecule has 3 rings (SSSR count). The van der Waals surface area contributed by atoms with E-state index in [0.717, 1.165) is 5.56 Å². The van der Waals surface area contributed by atoms with Gasteiger partial charge in [0.25, 0.3) is 0 Å². The number of hydrazone groups is 1. The van der Waals surface area contributed by atoms with E-state index in [1.807, 2.05) is 6.92 Å². The average Bonchev–Trinajstić information content (AvgIpc) is 2.70. The number of nitrogens with zero attached hydrogens (tertiary/aromatic N) is 2. The van der Waals surface area contributed by atoms with Crippen molar-refractivity contribution < 1.29 is 13.2 Å². The molecule has 0 atom stereocenters. The van der Waals surface area contributed by atoms with E-state index in [2.05, 4.69) is 10.5 Å². The highest BCUT2D eigenvalue weighted by Crippen LogP contribution is 2.25. The molecule has 2 aromatic rings. The molecule has 1 heterocycles. The fourth-order valence-corrected chi connectivity index (χ4v) is 5.07. The molecule has 1 aliphatic rings. The second kappa shape index (κ2) is 9.26. The number of sulfonamides is 1. The summed E-state index contributed by atoms with van der Waals surface area (Å²) in [5, 5.41) is 4.81. The fraction of sp³-hybridized carbons (Fsp3) is 0.300. The van der Waals surface area contributed by atoms with Crippen LogP contribution in [0.2, 0.25) is 10.0 Å². The number of piperidine rings is 1. The Morgan fingerprint density at radius 3 is 2.28 bits per heavy atom. The van der Waals surface area contributed by atoms with Gasteiger partial charge in [0.1, 0.15) is 0 Å². The van der Waals surface area contributed by atoms with Gasteiger partial charge in [-0.2, -0.15) is 9.41 Å². The Morgan fingerprint density at radius 2 is 1.69 bits per heavy atom. The molecule has 29 heavy (non-hydrogen) atoms. The Labute approximate surface area is 180 Å². The van der Waals surface area contributed by atoms with E-state index < -0.39 is 10.0 Å². The Kier molecular flexibility index (Phi) is 6.95. The third kappa shape index (κ3) is 5.17. The lowest BCUT2D eigenvalue weighted by Crippen LogP contribution is -2.42. The van der Waals surface area contributed by atoms with Gasteiger partial charge in [0.2, 0.25) is 15.9 Å². The molecule has 0 bridgehead atoms. The van der Waals surface area contributed by atoms with Gasteiger partial charge in [0.05, 0.1) is 21.2 Å². The first-order valence-electron chi connectivity index (χ1n) is 9.13. The first kappa shape index (κ1) is 21.8. The topological polar surface area (TPSA) is 78.8 Å². The van der Waals surface area contributed by atoms with Gasteiger partial charge in [0.15, 0.2) is 0 Å². The number of aryl methyl sites for hydroxylation is 1. The number of carbonyl (C=O) groups is 1. The number of amides is 1. The maximum atomic E-state index is 12.7. The highest BCUT2D eigenvalue weighted by Gasteiger charge is 2.32. The largest absolute Gasteiger partial charge is 0.273 e. The van der Waals surface area contributed by atoms with E-state index in [0.29, 0.717) is 28.5 Å². The van der Waals surface area contributed by atoms with Gasteiger partial charge in [-0.3, -0.25) is 4.79 Å². The van der Waals surface area contributed by atoms with E-state index in [1.165, 1.54) is 10.5 Å². The molecule has 0 aromatic heterocycles. The van der Waals surface area contributed by atoms with Crippen LogP contribution < -0.4 is 5.43 Å². The zero-order valence-electron chi connectivity index (χ0n) is 15.8. The second-order valence-corrected chi connectivity index (χ2v) is 9.61. The van der Waals surface area contributed by atoms with Crippen LogP contribution in [0, 0.1) is 12.8 Å². The van der Waals surface area contributed by atoms with Crippen LogP contribution in [0.1, 0.15) is 24.0 Å². The monoisotopic (exact) mass is 453 g/mol. The van der Waals surface area contributed by atoms with Crippen LogP contribution in [0.4, 0.5) is 0 Å². The van der Waals surface area contributed by atoms with Crippen LogP contribution >= 0.6 is 23.2 Å². The standard InChI is InChI=1S/C20H21Cl2N3O3S/c1-14-5-7-16(8-6-14)29(27,28)25-11-9-15(10-12-25)20(26)24-23-13-17-18(21)3-2-4-19(17)22/h2-8,13,15H,9-12H2,1H3,(H,24,26)/b23-13-. The summed E-state index contributed by atoms with van der Waals surface area (Å²) in [6, 6.07) is 11.9. The highest BCUT2D eigenvalue weighted by molar-refractivity contribution is 7.89. The van der Waals surface area contributed by atoms with Crippen molar-refractivity contribution in [3.63, 3.8) is 0 Å². The molecule has 9 heteroatoms. The van der Waals surface area contributed by atoms with Crippen LogP contribution in [0.3, 0.4) is 0 Å². The van der Waals surface area contributed by atoms with Crippen LogP contribution in [0.25, 0.3) is 0 Å². The second-order valence-electron chi connectivity index (χ2n) is 6.86. The molecule has 6 nitrogen and oxygen atoms in total. The number of halogens is 2. The number of hydrogen-bond donors (Lipinski definition) is 1. The zero-order chi connectivity index (χ0) is 21.0. The number of nitrogens with one attached hydrogen (secondary N) is 1. The quantitative estimate of drug-likeness (QED) is 0.551. The Hall–Kier alpha value is -1.93. The Bertz CT molecular complexity index is 996. The molecule has 154 valence electrons. The van der Waals surface area contributed by atoms with Crippen molar-refractivity contribution in [1.82, 2.24) is 9.73 Å². The molecule has 0 aliphatic carbocycles. The third-order valence-corrected chi connectivity index (χ3v) is 7.42. The van der Waals surface area contributed by atoms with Crippen LogP contribution in [0.5, 0.6) is 0 Å². The van der Waals surface area contributed by atoms with Gasteiger partial charge in [-0.1, -0.05) is 47.0 Å². The van der Waals surface area contributed by atoms with Crippen LogP contribution in [-0.4, -0.2) is 37.9 Å². The average molecular weight is 454 g/mol. The van der Waals surface area contributed by atoms with E-state index >= 15 is 0 Å². The molecule has 0 spiro atoms. The van der Waals surface area contributed by atoms with Crippen molar-refractivity contribution in [3.8, 4) is 0 Å². The van der Waals surface area contributed by atoms with Gasteiger partial charge in [-0.05, 0) is 44.0 Å². The molecule has 1 amide bonds. The molecular weight excluding hydrogens is 433 g/mol. The summed E-state index contributed by atoms with van der Waals surface area (Å²) >= 11 is 12.1. The predicted octanol–water partition coefficient (Wildman–Crippen LogP) is 3.85. The maximum absolute atomic E-state index is 12.7. The summed E-state index contributed by atoms with van der Waals surface area (Å²) in [5.74, 6) is -0.560. The fourth-order valence-electron chi connectivity index (χ4n) is 3.10. The van der Waals surface area contributed by atoms with E-state index in [4.69, 9.17) is 23.2 Å². The van der Waals surface area contributed by atoms with E-state index in [1.54, 1.807) is 42.5 Å². The van der Waals surface area contributed by atoms with Crippen LogP contribution in [0.15, 0.2) is 52.5 Å². The Balaban J connectivity index is 1.57. The van der Waals surface area contributed by atoms with Crippen molar-refractivity contribution in [2.24, 2.45) is 11.0 Å². The van der Waals surface area contributed by atoms with Crippen molar-refractivity contribution >= 4 is 45.3 Å². The molecule has 1 fully saturated rings. The predicted molar refractivity (Wildman–Crippen MR) is 115 cm³/mol. The summed E-state index contributed by atoms with van der Waals surface area (Å²) < 4.78 is 26.9. The number of rotatable bonds is 5. The molecule has 1 saturated heterocycles. The van der Waals surface area contributed by atoms with Crippen molar-refractivity contribution in [2.45, 2.75) is 24.7 Å². The van der Waals surface area contributed by atoms with Gasteiger partial charge < -0.3 is 0 Å². The van der Waals surface area contributed by atoms with Crippen molar-refractivity contribution in [1.29, 1.82) is 0 Å². The molecule has 0 unspecified atom stereocenters. The highest BCUT2D eigenvalue weighted by atomic mass is 35.5. The minimum atomic E-state index is -3.55. The molecule has 1 N–H and O–H groups in total. The lowest BCUT2D eigenvalue weighted by Gasteiger charge is -2.30. The molecular formula is C20H21Cl2N3O3S. The lowest BCUT2D eigenvalue weighted by molar-refractivity contribution is -0.126. The third-order valence-electron chi connectivity index (χ3n) is 4.85. The smallest absolute Gasteiger partial charge is 0.243 e. The normalized spacial score (nSPS) is 16.2. The van der Waals surface area contributed by atoms with Crippen LogP contribution in [-0.2, 0) is 14.8 Å². The summed E-state index contributed by atoms with van der Waals surface area (Å²) in [5.41, 5.74) is 4.01. The summed E-state index contributed by atoms with van der Waals surface area (Å²) in [4.78, 5) is 12.6. The minimum absolute atomic E-state index is 0.253.